The van der Waals surface area contributed by atoms with Crippen LogP contribution in [0.3, 0.4) is 0 Å². The van der Waals surface area contributed by atoms with Crippen LogP contribution in [0.1, 0.15) is 24.6 Å². The number of hydrogen-bond acceptors (Lipinski definition) is 2. The Morgan fingerprint density at radius 3 is 2.62 bits per heavy atom. The van der Waals surface area contributed by atoms with Crippen molar-refractivity contribution in [2.24, 2.45) is 7.05 Å². The van der Waals surface area contributed by atoms with Gasteiger partial charge in [0.15, 0.2) is 0 Å². The van der Waals surface area contributed by atoms with Crippen LogP contribution in [0.5, 0.6) is 0 Å². The molecule has 24 heavy (non-hydrogen) atoms. The number of aryl methyl sites for hydroxylation is 2. The molecule has 2 atom stereocenters. The van der Waals surface area contributed by atoms with E-state index in [-0.39, 0.29) is 18.6 Å². The maximum absolute atomic E-state index is 11.9. The molecule has 2 unspecified atom stereocenters. The maximum atomic E-state index is 11.9. The predicted octanol–water partition coefficient (Wildman–Crippen LogP) is 2.25. The number of nitrogens with one attached hydrogen (secondary N) is 2. The average molecular weight is 329 g/mol. The molecular formula is C19H27N3O2. The summed E-state index contributed by atoms with van der Waals surface area (Å²) in [6, 6.07) is 13.7. The molecule has 2 aromatic rings. The Morgan fingerprint density at radius 1 is 1.21 bits per heavy atom. The molecule has 0 fully saturated rings. The largest absolute Gasteiger partial charge is 0.391 e. The zero-order valence-corrected chi connectivity index (χ0v) is 14.4. The Kier molecular flexibility index (Phi) is 6.88. The molecular weight excluding hydrogens is 302 g/mol. The average Bonchev–Trinajstić information content (AvgIpc) is 2.97. The van der Waals surface area contributed by atoms with E-state index >= 15 is 0 Å². The normalized spacial score (nSPS) is 13.3. The molecule has 1 heterocycles. The van der Waals surface area contributed by atoms with Crippen LogP contribution in [0.25, 0.3) is 0 Å². The van der Waals surface area contributed by atoms with Gasteiger partial charge in [0.2, 0.25) is 0 Å². The van der Waals surface area contributed by atoms with Crippen LogP contribution in [0.2, 0.25) is 0 Å². The van der Waals surface area contributed by atoms with E-state index < -0.39 is 6.10 Å². The number of nitrogens with zero attached hydrogens (tertiary/aromatic N) is 1. The first-order chi connectivity index (χ1) is 11.5. The van der Waals surface area contributed by atoms with Crippen molar-refractivity contribution >= 4 is 6.03 Å². The van der Waals surface area contributed by atoms with Crippen molar-refractivity contribution in [3.63, 3.8) is 0 Å². The SMILES string of the molecule is CC(CCc1cccn1C)NC(=O)NCC(O)Cc1ccccc1. The van der Waals surface area contributed by atoms with Crippen LogP contribution < -0.4 is 10.6 Å². The summed E-state index contributed by atoms with van der Waals surface area (Å²) in [5.74, 6) is 0. The molecule has 0 radical (unpaired) electrons. The predicted molar refractivity (Wildman–Crippen MR) is 95.9 cm³/mol. The Bertz CT molecular complexity index is 625. The fourth-order valence-electron chi connectivity index (χ4n) is 2.64. The molecule has 3 N–H and O–H groups in total. The standard InChI is InChI=1S/C19H27N3O2/c1-15(10-11-17-9-6-12-22(17)2)21-19(24)20-14-18(23)13-16-7-4-3-5-8-16/h3-9,12,15,18,23H,10-11,13-14H2,1-2H3,(H2,20,21,24). The van der Waals surface area contributed by atoms with E-state index in [2.05, 4.69) is 21.3 Å². The molecule has 1 aromatic heterocycles. The van der Waals surface area contributed by atoms with Crippen molar-refractivity contribution in [1.29, 1.82) is 0 Å². The number of carbonyl (C=O) groups excluding carboxylic acids is 1. The first kappa shape index (κ1) is 18.1. The molecule has 2 rings (SSSR count). The molecule has 0 saturated carbocycles. The van der Waals surface area contributed by atoms with Gasteiger partial charge in [-0.05, 0) is 37.5 Å². The van der Waals surface area contributed by atoms with Gasteiger partial charge in [0.1, 0.15) is 0 Å². The van der Waals surface area contributed by atoms with Crippen LogP contribution in [0.4, 0.5) is 4.79 Å². The fourth-order valence-corrected chi connectivity index (χ4v) is 2.64. The Hall–Kier alpha value is -2.27. The van der Waals surface area contributed by atoms with E-state index in [0.717, 1.165) is 18.4 Å². The molecule has 5 heteroatoms. The summed E-state index contributed by atoms with van der Waals surface area (Å²) in [7, 11) is 2.02. The molecule has 0 bridgehead atoms. The first-order valence-electron chi connectivity index (χ1n) is 8.41. The number of carbonyl (C=O) groups is 1. The van der Waals surface area contributed by atoms with Crippen molar-refractivity contribution in [2.75, 3.05) is 6.54 Å². The van der Waals surface area contributed by atoms with E-state index in [4.69, 9.17) is 0 Å². The lowest BCUT2D eigenvalue weighted by atomic mass is 10.1. The van der Waals surface area contributed by atoms with E-state index in [9.17, 15) is 9.90 Å². The van der Waals surface area contributed by atoms with Gasteiger partial charge in [-0.15, -0.1) is 0 Å². The third-order valence-corrected chi connectivity index (χ3v) is 4.07. The molecule has 2 amide bonds. The number of benzene rings is 1. The summed E-state index contributed by atoms with van der Waals surface area (Å²) in [6.07, 6.45) is 3.76. The highest BCUT2D eigenvalue weighted by Crippen LogP contribution is 2.05. The van der Waals surface area contributed by atoms with Gasteiger partial charge in [0.05, 0.1) is 6.10 Å². The van der Waals surface area contributed by atoms with Crippen LogP contribution in [-0.2, 0) is 19.9 Å². The fraction of sp³-hybridized carbons (Fsp3) is 0.421. The number of aliphatic hydroxyl groups is 1. The minimum atomic E-state index is -0.586. The molecule has 0 spiro atoms. The lowest BCUT2D eigenvalue weighted by Gasteiger charge is -2.16. The smallest absolute Gasteiger partial charge is 0.315 e. The van der Waals surface area contributed by atoms with Gasteiger partial charge in [-0.2, -0.15) is 0 Å². The molecule has 1 aromatic carbocycles. The highest BCUT2D eigenvalue weighted by molar-refractivity contribution is 5.74. The van der Waals surface area contributed by atoms with Gasteiger partial charge in [-0.3, -0.25) is 0 Å². The van der Waals surface area contributed by atoms with Crippen LogP contribution in [0, 0.1) is 0 Å². The lowest BCUT2D eigenvalue weighted by molar-refractivity contribution is 0.170. The minimum absolute atomic E-state index is 0.0752. The third-order valence-electron chi connectivity index (χ3n) is 4.07. The number of urea groups is 1. The molecule has 0 saturated heterocycles. The van der Waals surface area contributed by atoms with Crippen molar-refractivity contribution in [3.8, 4) is 0 Å². The Balaban J connectivity index is 1.64. The van der Waals surface area contributed by atoms with Crippen molar-refractivity contribution in [2.45, 2.75) is 38.3 Å². The molecule has 5 nitrogen and oxygen atoms in total. The highest BCUT2D eigenvalue weighted by Gasteiger charge is 2.11. The second kappa shape index (κ2) is 9.13. The summed E-state index contributed by atoms with van der Waals surface area (Å²) in [5.41, 5.74) is 2.31. The van der Waals surface area contributed by atoms with Crippen LogP contribution in [0.15, 0.2) is 48.7 Å². The Morgan fingerprint density at radius 2 is 1.96 bits per heavy atom. The van der Waals surface area contributed by atoms with Gasteiger partial charge in [-0.1, -0.05) is 30.3 Å². The lowest BCUT2D eigenvalue weighted by Crippen LogP contribution is -2.44. The van der Waals surface area contributed by atoms with E-state index in [1.165, 1.54) is 5.69 Å². The van der Waals surface area contributed by atoms with Crippen LogP contribution in [-0.4, -0.2) is 34.4 Å². The minimum Gasteiger partial charge on any atom is -0.391 e. The summed E-state index contributed by atoms with van der Waals surface area (Å²) in [5, 5.41) is 15.6. The third kappa shape index (κ3) is 6.08. The zero-order chi connectivity index (χ0) is 17.4. The number of hydrogen-bond donors (Lipinski definition) is 3. The molecule has 130 valence electrons. The van der Waals surface area contributed by atoms with Crippen LogP contribution >= 0.6 is 0 Å². The van der Waals surface area contributed by atoms with Gasteiger partial charge in [0.25, 0.3) is 0 Å². The first-order valence-corrected chi connectivity index (χ1v) is 8.41. The zero-order valence-electron chi connectivity index (χ0n) is 14.4. The number of aliphatic hydroxyl groups excluding tert-OH is 1. The highest BCUT2D eigenvalue weighted by atomic mass is 16.3. The quantitative estimate of drug-likeness (QED) is 0.695. The summed E-state index contributed by atoms with van der Waals surface area (Å²) in [6.45, 7) is 2.23. The molecule has 0 aliphatic heterocycles. The summed E-state index contributed by atoms with van der Waals surface area (Å²) < 4.78 is 2.09. The number of rotatable bonds is 8. The van der Waals surface area contributed by atoms with Crippen molar-refractivity contribution < 1.29 is 9.90 Å². The van der Waals surface area contributed by atoms with Crippen molar-refractivity contribution in [1.82, 2.24) is 15.2 Å². The number of amides is 2. The molecule has 0 aliphatic carbocycles. The van der Waals surface area contributed by atoms with Gasteiger partial charge < -0.3 is 20.3 Å². The van der Waals surface area contributed by atoms with E-state index in [1.54, 1.807) is 0 Å². The van der Waals surface area contributed by atoms with Gasteiger partial charge in [0, 0.05) is 37.9 Å². The Labute approximate surface area is 143 Å². The second-order valence-corrected chi connectivity index (χ2v) is 6.25. The van der Waals surface area contributed by atoms with Gasteiger partial charge >= 0.3 is 6.03 Å². The monoisotopic (exact) mass is 329 g/mol. The van der Waals surface area contributed by atoms with Crippen molar-refractivity contribution in [3.05, 3.63) is 59.9 Å². The van der Waals surface area contributed by atoms with Gasteiger partial charge in [-0.25, -0.2) is 4.79 Å². The summed E-state index contributed by atoms with van der Waals surface area (Å²) in [4.78, 5) is 11.9. The second-order valence-electron chi connectivity index (χ2n) is 6.25. The number of aromatic nitrogens is 1. The topological polar surface area (TPSA) is 66.3 Å². The summed E-state index contributed by atoms with van der Waals surface area (Å²) >= 11 is 0. The van der Waals surface area contributed by atoms with E-state index in [1.807, 2.05) is 56.6 Å². The van der Waals surface area contributed by atoms with E-state index in [0.29, 0.717) is 6.42 Å². The maximum Gasteiger partial charge on any atom is 0.315 e. The molecule has 0 aliphatic rings.